The predicted molar refractivity (Wildman–Crippen MR) is 125 cm³/mol. The van der Waals surface area contributed by atoms with Gasteiger partial charge in [0.05, 0.1) is 11.1 Å². The lowest BCUT2D eigenvalue weighted by Gasteiger charge is -2.21. The molecule has 11 heteroatoms. The van der Waals surface area contributed by atoms with Crippen LogP contribution in [0.4, 0.5) is 11.4 Å². The molecule has 0 spiro atoms. The Morgan fingerprint density at radius 1 is 1.27 bits per heavy atom. The van der Waals surface area contributed by atoms with E-state index < -0.39 is 21.3 Å². The number of nitrogens with zero attached hydrogens (tertiary/aromatic N) is 3. The molecule has 0 saturated carbocycles. The Bertz CT molecular complexity index is 1470. The number of hydrogen-bond acceptors (Lipinski definition) is 7. The van der Waals surface area contributed by atoms with Gasteiger partial charge in [0.25, 0.3) is 15.6 Å². The number of aromatic hydroxyl groups is 1. The van der Waals surface area contributed by atoms with Crippen molar-refractivity contribution in [2.75, 3.05) is 10.6 Å². The van der Waals surface area contributed by atoms with E-state index in [1.54, 1.807) is 12.1 Å². The highest BCUT2D eigenvalue weighted by molar-refractivity contribution is 7.90. The fourth-order valence-corrected chi connectivity index (χ4v) is 4.77. The number of aryl methyl sites for hydroxylation is 1. The summed E-state index contributed by atoms with van der Waals surface area (Å²) in [6.07, 6.45) is 2.21. The molecule has 3 N–H and O–H groups in total. The number of anilines is 2. The number of amidine groups is 1. The number of aromatic nitrogens is 2. The van der Waals surface area contributed by atoms with Crippen molar-refractivity contribution in [1.82, 2.24) is 9.55 Å². The summed E-state index contributed by atoms with van der Waals surface area (Å²) in [6, 6.07) is 7.50. The molecule has 2 aromatic heterocycles. The Balaban J connectivity index is 1.90. The Morgan fingerprint density at radius 3 is 2.73 bits per heavy atom. The summed E-state index contributed by atoms with van der Waals surface area (Å²) < 4.78 is 31.1. The Morgan fingerprint density at radius 2 is 2.03 bits per heavy atom. The molecule has 1 aliphatic heterocycles. The van der Waals surface area contributed by atoms with Gasteiger partial charge in [0, 0.05) is 25.4 Å². The van der Waals surface area contributed by atoms with E-state index in [1.165, 1.54) is 35.9 Å². The van der Waals surface area contributed by atoms with Gasteiger partial charge in [-0.1, -0.05) is 13.8 Å². The van der Waals surface area contributed by atoms with E-state index >= 15 is 0 Å². The number of pyridine rings is 2. The van der Waals surface area contributed by atoms with Crippen LogP contribution in [0.5, 0.6) is 5.75 Å². The van der Waals surface area contributed by atoms with Crippen molar-refractivity contribution in [3.05, 3.63) is 52.4 Å². The summed E-state index contributed by atoms with van der Waals surface area (Å²) >= 11 is 0. The lowest BCUT2D eigenvalue weighted by Crippen LogP contribution is -2.33. The van der Waals surface area contributed by atoms with Crippen LogP contribution in [0.1, 0.15) is 32.8 Å². The minimum Gasteiger partial charge on any atom is -0.506 e. The van der Waals surface area contributed by atoms with E-state index in [-0.39, 0.29) is 27.9 Å². The standard InChI is InChI=1S/C22H23N5O5S/c1-12(2)8-10-27-21-15(5-4-9-23-21)19(29)18(22(27)30)20-25-16-7-6-14(24-13(3)28)11-17(16)33(31,32)26-20/h4-7,9,11-12,29H,8,10H2,1-3H3,(H,24,28)(H,25,26). The van der Waals surface area contributed by atoms with Gasteiger partial charge in [-0.3, -0.25) is 14.2 Å². The second kappa shape index (κ2) is 8.32. The highest BCUT2D eigenvalue weighted by Crippen LogP contribution is 2.33. The SMILES string of the molecule is CC(=O)Nc1ccc2c(c1)S(=O)(=O)N=C(c1c(O)c3cccnc3n(CCC(C)C)c1=O)N2. The number of carbonyl (C=O) groups excluding carboxylic acids is 1. The summed E-state index contributed by atoms with van der Waals surface area (Å²) in [6.45, 7) is 5.69. The molecule has 0 fully saturated rings. The molecule has 10 nitrogen and oxygen atoms in total. The quantitative estimate of drug-likeness (QED) is 0.521. The Hall–Kier alpha value is -3.73. The van der Waals surface area contributed by atoms with E-state index in [0.29, 0.717) is 35.6 Å². The monoisotopic (exact) mass is 469 g/mol. The molecule has 3 heterocycles. The molecule has 172 valence electrons. The molecule has 1 amide bonds. The maximum Gasteiger partial charge on any atom is 0.286 e. The number of fused-ring (bicyclic) bond motifs is 2. The molecule has 33 heavy (non-hydrogen) atoms. The van der Waals surface area contributed by atoms with Crippen LogP contribution in [0.3, 0.4) is 0 Å². The van der Waals surface area contributed by atoms with Crippen LogP contribution in [0, 0.1) is 5.92 Å². The minimum atomic E-state index is -4.22. The number of rotatable bonds is 5. The molecule has 0 atom stereocenters. The first-order valence-electron chi connectivity index (χ1n) is 10.3. The predicted octanol–water partition coefficient (Wildman–Crippen LogP) is 2.67. The van der Waals surface area contributed by atoms with Crippen LogP contribution in [-0.4, -0.2) is 34.8 Å². The average Bonchev–Trinajstić information content (AvgIpc) is 2.73. The molecule has 3 aromatic rings. The van der Waals surface area contributed by atoms with Gasteiger partial charge in [0.1, 0.15) is 21.9 Å². The third-order valence-electron chi connectivity index (χ3n) is 5.20. The maximum atomic E-state index is 13.4. The number of benzene rings is 1. The van der Waals surface area contributed by atoms with E-state index in [9.17, 15) is 23.1 Å². The number of carbonyl (C=O) groups is 1. The molecule has 0 bridgehead atoms. The fourth-order valence-electron chi connectivity index (χ4n) is 3.62. The Labute approximate surface area is 190 Å². The zero-order chi connectivity index (χ0) is 23.9. The van der Waals surface area contributed by atoms with Gasteiger partial charge in [0.15, 0.2) is 5.84 Å². The number of sulfonamides is 1. The van der Waals surface area contributed by atoms with Crippen molar-refractivity contribution >= 4 is 44.2 Å². The summed E-state index contributed by atoms with van der Waals surface area (Å²) in [5.41, 5.74) is -0.0728. The van der Waals surface area contributed by atoms with Crippen LogP contribution >= 0.6 is 0 Å². The molecule has 0 saturated heterocycles. The molecule has 0 unspecified atom stereocenters. The van der Waals surface area contributed by atoms with Crippen molar-refractivity contribution in [3.8, 4) is 5.75 Å². The lowest BCUT2D eigenvalue weighted by atomic mass is 10.1. The van der Waals surface area contributed by atoms with Crippen molar-refractivity contribution < 1.29 is 18.3 Å². The van der Waals surface area contributed by atoms with E-state index in [2.05, 4.69) is 20.0 Å². The van der Waals surface area contributed by atoms with Crippen molar-refractivity contribution in [3.63, 3.8) is 0 Å². The summed E-state index contributed by atoms with van der Waals surface area (Å²) in [7, 11) is -4.22. The van der Waals surface area contributed by atoms with Crippen LogP contribution < -0.4 is 16.2 Å². The Kier molecular flexibility index (Phi) is 5.66. The van der Waals surface area contributed by atoms with Crippen LogP contribution in [0.15, 0.2) is 50.6 Å². The smallest absolute Gasteiger partial charge is 0.286 e. The normalized spacial score (nSPS) is 14.5. The first-order chi connectivity index (χ1) is 15.6. The van der Waals surface area contributed by atoms with Gasteiger partial charge in [-0.25, -0.2) is 4.98 Å². The van der Waals surface area contributed by atoms with Crippen LogP contribution in [0.25, 0.3) is 11.0 Å². The number of amides is 1. The van der Waals surface area contributed by atoms with E-state index in [0.717, 1.165) is 0 Å². The summed E-state index contributed by atoms with van der Waals surface area (Å²) in [5.74, 6) is -0.718. The van der Waals surface area contributed by atoms with Crippen molar-refractivity contribution in [2.24, 2.45) is 10.3 Å². The number of hydrogen-bond donors (Lipinski definition) is 3. The lowest BCUT2D eigenvalue weighted by molar-refractivity contribution is -0.114. The second-order valence-corrected chi connectivity index (χ2v) is 9.74. The van der Waals surface area contributed by atoms with Gasteiger partial charge in [-0.15, -0.1) is 4.40 Å². The highest BCUT2D eigenvalue weighted by atomic mass is 32.2. The third kappa shape index (κ3) is 4.19. The van der Waals surface area contributed by atoms with Gasteiger partial charge >= 0.3 is 0 Å². The van der Waals surface area contributed by atoms with Gasteiger partial charge < -0.3 is 15.7 Å². The molecule has 4 rings (SSSR count). The molecular formula is C22H23N5O5S. The van der Waals surface area contributed by atoms with Crippen molar-refractivity contribution in [1.29, 1.82) is 0 Å². The van der Waals surface area contributed by atoms with Gasteiger partial charge in [0.2, 0.25) is 5.91 Å². The van der Waals surface area contributed by atoms with E-state index in [1.807, 2.05) is 13.8 Å². The first kappa shape index (κ1) is 22.5. The topological polar surface area (TPSA) is 143 Å². The fraction of sp³-hybridized carbons (Fsp3) is 0.273. The third-order valence-corrected chi connectivity index (χ3v) is 6.52. The molecular weight excluding hydrogens is 446 g/mol. The highest BCUT2D eigenvalue weighted by Gasteiger charge is 2.30. The van der Waals surface area contributed by atoms with Crippen molar-refractivity contribution in [2.45, 2.75) is 38.6 Å². The first-order valence-corrected chi connectivity index (χ1v) is 11.8. The van der Waals surface area contributed by atoms with Gasteiger partial charge in [-0.05, 0) is 42.7 Å². The zero-order valence-corrected chi connectivity index (χ0v) is 19.1. The zero-order valence-electron chi connectivity index (χ0n) is 18.3. The van der Waals surface area contributed by atoms with Crippen LogP contribution in [0.2, 0.25) is 0 Å². The molecule has 1 aromatic carbocycles. The number of nitrogens with one attached hydrogen (secondary N) is 2. The molecule has 1 aliphatic rings. The molecule has 0 radical (unpaired) electrons. The summed E-state index contributed by atoms with van der Waals surface area (Å²) in [5, 5.41) is 16.6. The van der Waals surface area contributed by atoms with Crippen LogP contribution in [-0.2, 0) is 21.4 Å². The van der Waals surface area contributed by atoms with E-state index in [4.69, 9.17) is 0 Å². The maximum absolute atomic E-state index is 13.4. The molecule has 0 aliphatic carbocycles. The summed E-state index contributed by atoms with van der Waals surface area (Å²) in [4.78, 5) is 28.8. The largest absolute Gasteiger partial charge is 0.506 e. The average molecular weight is 470 g/mol. The second-order valence-electron chi connectivity index (χ2n) is 8.17. The van der Waals surface area contributed by atoms with Gasteiger partial charge in [-0.2, -0.15) is 8.42 Å². The minimum absolute atomic E-state index is 0.153.